The summed E-state index contributed by atoms with van der Waals surface area (Å²) in [7, 11) is 0. The van der Waals surface area contributed by atoms with Crippen LogP contribution in [0.5, 0.6) is 5.75 Å². The molecule has 0 aliphatic carbocycles. The van der Waals surface area contributed by atoms with E-state index in [-0.39, 0.29) is 6.10 Å². The van der Waals surface area contributed by atoms with E-state index in [4.69, 9.17) is 32.3 Å². The lowest BCUT2D eigenvalue weighted by Gasteiger charge is -2.21. The van der Waals surface area contributed by atoms with Gasteiger partial charge in [-0.2, -0.15) is 0 Å². The van der Waals surface area contributed by atoms with Crippen molar-refractivity contribution in [1.82, 2.24) is 5.09 Å². The monoisotopic (exact) mass is 321 g/mol. The van der Waals surface area contributed by atoms with E-state index in [0.29, 0.717) is 5.75 Å². The molecule has 0 aliphatic rings. The predicted octanol–water partition coefficient (Wildman–Crippen LogP) is 3.46. The zero-order valence-electron chi connectivity index (χ0n) is 11.0. The largest absolute Gasteiger partial charge is 0.462 e. The van der Waals surface area contributed by atoms with E-state index in [1.807, 2.05) is 18.2 Å². The summed E-state index contributed by atoms with van der Waals surface area (Å²) in [4.78, 5) is 11.7. The van der Waals surface area contributed by atoms with Gasteiger partial charge in [0.1, 0.15) is 11.8 Å². The molecule has 7 heteroatoms. The number of esters is 1. The van der Waals surface area contributed by atoms with Crippen molar-refractivity contribution >= 4 is 34.8 Å². The van der Waals surface area contributed by atoms with Crippen LogP contribution in [0.1, 0.15) is 20.8 Å². The highest BCUT2D eigenvalue weighted by molar-refractivity contribution is 8.23. The van der Waals surface area contributed by atoms with Gasteiger partial charge in [-0.3, -0.25) is 4.79 Å². The van der Waals surface area contributed by atoms with Crippen LogP contribution in [0, 0.1) is 0 Å². The molecule has 19 heavy (non-hydrogen) atoms. The van der Waals surface area contributed by atoms with Crippen molar-refractivity contribution in [2.24, 2.45) is 0 Å². The molecule has 0 saturated carbocycles. The Kier molecular flexibility index (Phi) is 6.27. The lowest BCUT2D eigenvalue weighted by Crippen LogP contribution is -2.34. The third-order valence-electron chi connectivity index (χ3n) is 2.02. The van der Waals surface area contributed by atoms with Gasteiger partial charge in [0.25, 0.3) is 5.77 Å². The van der Waals surface area contributed by atoms with Gasteiger partial charge in [0.2, 0.25) is 0 Å². The number of hydrogen-bond donors (Lipinski definition) is 1. The van der Waals surface area contributed by atoms with Gasteiger partial charge >= 0.3 is 5.97 Å². The minimum absolute atomic E-state index is 0.181. The van der Waals surface area contributed by atoms with E-state index >= 15 is 0 Å². The van der Waals surface area contributed by atoms with E-state index in [2.05, 4.69) is 5.09 Å². The van der Waals surface area contributed by atoms with Crippen molar-refractivity contribution in [3.63, 3.8) is 0 Å². The van der Waals surface area contributed by atoms with Crippen molar-refractivity contribution < 1.29 is 14.1 Å². The van der Waals surface area contributed by atoms with Crippen LogP contribution in [0.25, 0.3) is 0 Å². The number of hydrogen-bond acceptors (Lipinski definition) is 4. The molecular formula is C12H17ClNO3PS. The van der Waals surface area contributed by atoms with E-state index in [1.165, 1.54) is 0 Å². The Morgan fingerprint density at radius 1 is 1.32 bits per heavy atom. The van der Waals surface area contributed by atoms with E-state index in [1.54, 1.807) is 32.9 Å². The molecule has 0 bridgehead atoms. The van der Waals surface area contributed by atoms with Gasteiger partial charge in [-0.05, 0) is 56.0 Å². The van der Waals surface area contributed by atoms with E-state index in [9.17, 15) is 4.79 Å². The maximum Gasteiger partial charge on any atom is 0.323 e. The van der Waals surface area contributed by atoms with Crippen LogP contribution in [-0.4, -0.2) is 18.1 Å². The highest BCUT2D eigenvalue weighted by Gasteiger charge is 2.24. The SMILES string of the molecule is CC(C)OC(=O)C(C)NP(=S)(Cl)Oc1ccccc1. The van der Waals surface area contributed by atoms with Crippen LogP contribution < -0.4 is 9.61 Å². The molecule has 0 radical (unpaired) electrons. The smallest absolute Gasteiger partial charge is 0.323 e. The average molecular weight is 322 g/mol. The summed E-state index contributed by atoms with van der Waals surface area (Å²) < 4.78 is 10.6. The van der Waals surface area contributed by atoms with Crippen LogP contribution in [0.2, 0.25) is 0 Å². The summed E-state index contributed by atoms with van der Waals surface area (Å²) in [6.07, 6.45) is -0.181. The lowest BCUT2D eigenvalue weighted by molar-refractivity contribution is -0.148. The highest BCUT2D eigenvalue weighted by atomic mass is 35.7. The Labute approximate surface area is 123 Å². The van der Waals surface area contributed by atoms with Gasteiger partial charge in [0.15, 0.2) is 0 Å². The molecule has 1 N–H and O–H groups in total. The molecule has 0 saturated heterocycles. The zero-order chi connectivity index (χ0) is 14.5. The number of carbonyl (C=O) groups is 1. The van der Waals surface area contributed by atoms with E-state index in [0.717, 1.165) is 0 Å². The van der Waals surface area contributed by atoms with Crippen LogP contribution in [-0.2, 0) is 21.3 Å². The molecule has 1 rings (SSSR count). The van der Waals surface area contributed by atoms with Gasteiger partial charge in [0, 0.05) is 0 Å². The minimum Gasteiger partial charge on any atom is -0.462 e. The first-order chi connectivity index (χ1) is 8.80. The predicted molar refractivity (Wildman–Crippen MR) is 81.0 cm³/mol. The third kappa shape index (κ3) is 6.39. The molecule has 2 unspecified atom stereocenters. The first-order valence-electron chi connectivity index (χ1n) is 5.83. The Hall–Kier alpha value is -0.610. The van der Waals surface area contributed by atoms with Crippen LogP contribution in [0.15, 0.2) is 30.3 Å². The second-order valence-electron chi connectivity index (χ2n) is 4.22. The number of benzene rings is 1. The Bertz CT molecular complexity index is 469. The van der Waals surface area contributed by atoms with Crippen LogP contribution in [0.3, 0.4) is 0 Å². The number of halogens is 1. The first kappa shape index (κ1) is 16.4. The lowest BCUT2D eigenvalue weighted by atomic mass is 10.3. The maximum atomic E-state index is 11.7. The van der Waals surface area contributed by atoms with Crippen LogP contribution in [0.4, 0.5) is 0 Å². The fraction of sp³-hybridized carbons (Fsp3) is 0.417. The second kappa shape index (κ2) is 7.25. The maximum absolute atomic E-state index is 11.7. The average Bonchev–Trinajstić information content (AvgIpc) is 2.27. The highest BCUT2D eigenvalue weighted by Crippen LogP contribution is 2.48. The molecule has 0 spiro atoms. The molecule has 4 nitrogen and oxygen atoms in total. The molecule has 0 fully saturated rings. The molecule has 1 aromatic carbocycles. The van der Waals surface area contributed by atoms with Gasteiger partial charge < -0.3 is 9.26 Å². The fourth-order valence-electron chi connectivity index (χ4n) is 1.26. The second-order valence-corrected chi connectivity index (χ2v) is 9.19. The zero-order valence-corrected chi connectivity index (χ0v) is 13.5. The number of ether oxygens (including phenoxy) is 1. The quantitative estimate of drug-likeness (QED) is 0.642. The number of para-hydroxylation sites is 1. The summed E-state index contributed by atoms with van der Waals surface area (Å²) in [5.41, 5.74) is 0. The third-order valence-corrected chi connectivity index (χ3v) is 4.20. The molecule has 2 atom stereocenters. The molecular weight excluding hydrogens is 305 g/mol. The standard InChI is InChI=1S/C12H17ClNO3PS/c1-9(2)16-12(15)10(3)14-18(13,19)17-11-7-5-4-6-8-11/h4-10H,1-3H3,(H,14,19). The van der Waals surface area contributed by atoms with Crippen molar-refractivity contribution in [3.05, 3.63) is 30.3 Å². The Morgan fingerprint density at radius 2 is 1.89 bits per heavy atom. The minimum atomic E-state index is -2.81. The van der Waals surface area contributed by atoms with Gasteiger partial charge in [-0.15, -0.1) is 0 Å². The molecule has 1 aromatic rings. The van der Waals surface area contributed by atoms with E-state index < -0.39 is 17.8 Å². The first-order valence-corrected chi connectivity index (χ1v) is 9.45. The van der Waals surface area contributed by atoms with Gasteiger partial charge in [-0.1, -0.05) is 18.2 Å². The molecule has 106 valence electrons. The normalized spacial score (nSPS) is 15.6. The van der Waals surface area contributed by atoms with Crippen molar-refractivity contribution in [2.75, 3.05) is 0 Å². The fourth-order valence-corrected chi connectivity index (χ4v) is 3.69. The Morgan fingerprint density at radius 3 is 2.42 bits per heavy atom. The molecule has 0 aromatic heterocycles. The van der Waals surface area contributed by atoms with Gasteiger partial charge in [0.05, 0.1) is 6.10 Å². The summed E-state index contributed by atoms with van der Waals surface area (Å²) in [6, 6.07) is 8.38. The topological polar surface area (TPSA) is 47.6 Å². The molecule has 0 amide bonds. The molecule has 0 aliphatic heterocycles. The van der Waals surface area contributed by atoms with Crippen LogP contribution >= 0.6 is 17.0 Å². The number of rotatable bonds is 6. The Balaban J connectivity index is 2.59. The summed E-state index contributed by atoms with van der Waals surface area (Å²) >= 11 is 11.3. The summed E-state index contributed by atoms with van der Waals surface area (Å²) in [5.74, 6) is -2.65. The summed E-state index contributed by atoms with van der Waals surface area (Å²) in [6.45, 7) is 5.20. The number of carbonyl (C=O) groups excluding carboxylic acids is 1. The van der Waals surface area contributed by atoms with Crippen molar-refractivity contribution in [2.45, 2.75) is 32.9 Å². The summed E-state index contributed by atoms with van der Waals surface area (Å²) in [5, 5.41) is 2.80. The molecule has 0 heterocycles. The number of nitrogens with one attached hydrogen (secondary N) is 1. The van der Waals surface area contributed by atoms with Crippen molar-refractivity contribution in [1.29, 1.82) is 0 Å². The van der Waals surface area contributed by atoms with Crippen molar-refractivity contribution in [3.8, 4) is 5.75 Å². The van der Waals surface area contributed by atoms with Gasteiger partial charge in [-0.25, -0.2) is 5.09 Å².